The second-order valence-electron chi connectivity index (χ2n) is 12.0. The Morgan fingerprint density at radius 2 is 1.67 bits per heavy atom. The van der Waals surface area contributed by atoms with Crippen LogP contribution in [0, 0.1) is 13.8 Å². The van der Waals surface area contributed by atoms with E-state index in [1.165, 1.54) is 12.7 Å². The second-order valence-corrected chi connectivity index (χ2v) is 14.0. The van der Waals surface area contributed by atoms with Gasteiger partial charge in [0, 0.05) is 55.6 Å². The minimum Gasteiger partial charge on any atom is -0.495 e. The van der Waals surface area contributed by atoms with E-state index in [4.69, 9.17) is 9.47 Å². The number of amides is 1. The molecule has 45 heavy (non-hydrogen) atoms. The van der Waals surface area contributed by atoms with Gasteiger partial charge in [0.15, 0.2) is 9.84 Å². The van der Waals surface area contributed by atoms with Gasteiger partial charge < -0.3 is 19.3 Å². The predicted molar refractivity (Wildman–Crippen MR) is 175 cm³/mol. The highest BCUT2D eigenvalue weighted by atomic mass is 32.2. The Balaban J connectivity index is 1.14. The average molecular weight is 626 g/mol. The maximum absolute atomic E-state index is 13.8. The van der Waals surface area contributed by atoms with Crippen molar-refractivity contribution in [3.8, 4) is 11.5 Å². The van der Waals surface area contributed by atoms with Crippen LogP contribution in [0.2, 0.25) is 0 Å². The number of carbonyl (C=O) groups is 1. The number of nitrogens with zero attached hydrogens (tertiary/aromatic N) is 3. The topological polar surface area (TPSA) is 89.0 Å². The van der Waals surface area contributed by atoms with Crippen molar-refractivity contribution in [3.05, 3.63) is 113 Å². The molecule has 1 aromatic heterocycles. The zero-order valence-corrected chi connectivity index (χ0v) is 26.8. The van der Waals surface area contributed by atoms with Gasteiger partial charge in [-0.25, -0.2) is 8.42 Å². The number of pyridine rings is 1. The van der Waals surface area contributed by atoms with E-state index in [0.717, 1.165) is 41.9 Å². The van der Waals surface area contributed by atoms with Crippen LogP contribution in [0.4, 0.5) is 5.69 Å². The lowest BCUT2D eigenvalue weighted by Crippen LogP contribution is -2.31. The van der Waals surface area contributed by atoms with Crippen LogP contribution in [0.5, 0.6) is 11.5 Å². The van der Waals surface area contributed by atoms with Gasteiger partial charge in [-0.15, -0.1) is 0 Å². The van der Waals surface area contributed by atoms with Crippen molar-refractivity contribution in [2.75, 3.05) is 38.2 Å². The van der Waals surface area contributed by atoms with Crippen molar-refractivity contribution in [1.29, 1.82) is 0 Å². The molecule has 1 unspecified atom stereocenters. The molecule has 0 spiro atoms. The summed E-state index contributed by atoms with van der Waals surface area (Å²) in [6, 6.07) is 22.6. The maximum Gasteiger partial charge on any atom is 0.254 e. The molecule has 6 rings (SSSR count). The molecule has 2 atom stereocenters. The first-order valence-electron chi connectivity index (χ1n) is 15.4. The van der Waals surface area contributed by atoms with Crippen molar-refractivity contribution in [1.82, 2.24) is 9.88 Å². The van der Waals surface area contributed by atoms with Crippen molar-refractivity contribution in [2.24, 2.45) is 0 Å². The number of sulfone groups is 1. The first-order valence-corrected chi connectivity index (χ1v) is 17.0. The lowest BCUT2D eigenvalue weighted by molar-refractivity contribution is 0.0771. The lowest BCUT2D eigenvalue weighted by atomic mass is 10.00. The molecule has 3 aromatic carbocycles. The van der Waals surface area contributed by atoms with Crippen LogP contribution >= 0.6 is 0 Å². The Morgan fingerprint density at radius 3 is 2.42 bits per heavy atom. The largest absolute Gasteiger partial charge is 0.495 e. The van der Waals surface area contributed by atoms with E-state index in [2.05, 4.69) is 9.88 Å². The highest BCUT2D eigenvalue weighted by molar-refractivity contribution is 7.90. The molecular formula is C36H39N3O5S. The number of aromatic nitrogens is 1. The van der Waals surface area contributed by atoms with Gasteiger partial charge in [0.1, 0.15) is 22.5 Å². The first-order chi connectivity index (χ1) is 21.7. The van der Waals surface area contributed by atoms with Gasteiger partial charge >= 0.3 is 0 Å². The Bertz CT molecular complexity index is 1770. The molecule has 4 aromatic rings. The van der Waals surface area contributed by atoms with Crippen LogP contribution in [-0.2, 0) is 15.6 Å². The van der Waals surface area contributed by atoms with E-state index in [0.29, 0.717) is 42.5 Å². The third-order valence-electron chi connectivity index (χ3n) is 8.90. The van der Waals surface area contributed by atoms with Crippen LogP contribution in [0.3, 0.4) is 0 Å². The SMILES string of the molecule is COc1ccc(N2CCC(c3ccncc3)C2)cc1S(=O)(=O)Cc1cccc(O[C@H]2CCN(C(=O)c3c(C)cccc3C)C2)c1. The Hall–Kier alpha value is -4.37. The van der Waals surface area contributed by atoms with Gasteiger partial charge in [-0.2, -0.15) is 0 Å². The molecule has 2 aliphatic rings. The third-order valence-corrected chi connectivity index (χ3v) is 10.6. The summed E-state index contributed by atoms with van der Waals surface area (Å²) in [6.07, 6.45) is 5.16. The zero-order valence-electron chi connectivity index (χ0n) is 26.0. The molecule has 0 bridgehead atoms. The van der Waals surface area contributed by atoms with Crippen molar-refractivity contribution >= 4 is 21.4 Å². The van der Waals surface area contributed by atoms with Gasteiger partial charge in [0.05, 0.1) is 19.4 Å². The fourth-order valence-electron chi connectivity index (χ4n) is 6.52. The smallest absolute Gasteiger partial charge is 0.254 e. The highest BCUT2D eigenvalue weighted by Gasteiger charge is 2.30. The summed E-state index contributed by atoms with van der Waals surface area (Å²) in [5.74, 6) is 1.12. The minimum absolute atomic E-state index is 0.0227. The van der Waals surface area contributed by atoms with Crippen molar-refractivity contribution in [2.45, 2.75) is 49.4 Å². The minimum atomic E-state index is -3.75. The van der Waals surface area contributed by atoms with Gasteiger partial charge in [0.25, 0.3) is 5.91 Å². The van der Waals surface area contributed by atoms with E-state index in [9.17, 15) is 13.2 Å². The monoisotopic (exact) mass is 625 g/mol. The number of carbonyl (C=O) groups excluding carboxylic acids is 1. The zero-order chi connectivity index (χ0) is 31.6. The molecule has 8 nitrogen and oxygen atoms in total. The molecule has 9 heteroatoms. The number of benzene rings is 3. The van der Waals surface area contributed by atoms with Crippen LogP contribution in [-0.4, -0.2) is 63.6 Å². The maximum atomic E-state index is 13.8. The summed E-state index contributed by atoms with van der Waals surface area (Å²) < 4.78 is 39.4. The van der Waals surface area contributed by atoms with Crippen LogP contribution in [0.1, 0.15) is 51.4 Å². The summed E-state index contributed by atoms with van der Waals surface area (Å²) in [7, 11) is -2.25. The van der Waals surface area contributed by atoms with Gasteiger partial charge in [-0.1, -0.05) is 30.3 Å². The lowest BCUT2D eigenvalue weighted by Gasteiger charge is -2.21. The van der Waals surface area contributed by atoms with Gasteiger partial charge in [0.2, 0.25) is 0 Å². The first kappa shape index (κ1) is 30.6. The molecule has 2 saturated heterocycles. The molecule has 1 amide bonds. The molecule has 0 saturated carbocycles. The third kappa shape index (κ3) is 6.68. The number of aryl methyl sites for hydroxylation is 2. The Kier molecular flexibility index (Phi) is 8.81. The number of ether oxygens (including phenoxy) is 2. The molecule has 0 aliphatic carbocycles. The molecule has 0 radical (unpaired) electrons. The normalized spacial score (nSPS) is 18.3. The predicted octanol–water partition coefficient (Wildman–Crippen LogP) is 5.97. The summed E-state index contributed by atoms with van der Waals surface area (Å²) in [6.45, 7) is 6.67. The van der Waals surface area contributed by atoms with E-state index in [-0.39, 0.29) is 22.7 Å². The number of likely N-dealkylation sites (tertiary alicyclic amines) is 1. The highest BCUT2D eigenvalue weighted by Crippen LogP contribution is 2.36. The van der Waals surface area contributed by atoms with E-state index >= 15 is 0 Å². The van der Waals surface area contributed by atoms with Crippen LogP contribution < -0.4 is 14.4 Å². The fourth-order valence-corrected chi connectivity index (χ4v) is 8.06. The summed E-state index contributed by atoms with van der Waals surface area (Å²) in [4.78, 5) is 21.6. The molecular weight excluding hydrogens is 586 g/mol. The number of methoxy groups -OCH3 is 1. The summed E-state index contributed by atoms with van der Waals surface area (Å²) in [5.41, 5.74) is 5.42. The van der Waals surface area contributed by atoms with Gasteiger partial charge in [-0.05, 0) is 85.0 Å². The van der Waals surface area contributed by atoms with E-state index in [1.807, 2.05) is 79.7 Å². The van der Waals surface area contributed by atoms with Crippen molar-refractivity contribution < 1.29 is 22.7 Å². The second kappa shape index (κ2) is 12.9. The molecule has 3 heterocycles. The number of anilines is 1. The molecule has 0 N–H and O–H groups in total. The average Bonchev–Trinajstić information content (AvgIpc) is 3.72. The number of rotatable bonds is 9. The Labute approximate surface area is 265 Å². The Morgan fingerprint density at radius 1 is 0.911 bits per heavy atom. The molecule has 234 valence electrons. The number of hydrogen-bond acceptors (Lipinski definition) is 7. The fraction of sp³-hybridized carbons (Fsp3) is 0.333. The summed E-state index contributed by atoms with van der Waals surface area (Å²) >= 11 is 0. The quantitative estimate of drug-likeness (QED) is 0.227. The van der Waals surface area contributed by atoms with E-state index in [1.54, 1.807) is 24.3 Å². The molecule has 2 fully saturated rings. The van der Waals surface area contributed by atoms with Crippen LogP contribution in [0.25, 0.3) is 0 Å². The number of hydrogen-bond donors (Lipinski definition) is 0. The summed E-state index contributed by atoms with van der Waals surface area (Å²) in [5, 5.41) is 0. The van der Waals surface area contributed by atoms with Gasteiger partial charge in [-0.3, -0.25) is 9.78 Å². The van der Waals surface area contributed by atoms with Crippen molar-refractivity contribution in [3.63, 3.8) is 0 Å². The van der Waals surface area contributed by atoms with E-state index < -0.39 is 9.84 Å². The molecule has 2 aliphatic heterocycles. The van der Waals surface area contributed by atoms with Crippen LogP contribution in [0.15, 0.2) is 90.1 Å². The standard InChI is InChI=1S/C36H39N3O5S/c1-25-6-4-7-26(2)35(25)36(40)39-19-15-32(23-39)44-31-9-5-8-27(20-31)24-45(41,42)34-21-30(10-11-33(34)43-3)38-18-14-29(22-38)28-12-16-37-17-13-28/h4-13,16-17,20-21,29,32H,14-15,18-19,22-24H2,1-3H3/t29?,32-/m0/s1.